The molecule has 0 N–H and O–H groups in total. The number of nitriles is 1. The van der Waals surface area contributed by atoms with E-state index in [0.717, 1.165) is 0 Å². The first-order valence-electron chi connectivity index (χ1n) is 5.27. The fourth-order valence-corrected chi connectivity index (χ4v) is 2.70. The van der Waals surface area contributed by atoms with E-state index < -0.39 is 15.3 Å². The van der Waals surface area contributed by atoms with Crippen molar-refractivity contribution in [1.29, 1.82) is 5.26 Å². The Hall–Kier alpha value is -1.45. The summed E-state index contributed by atoms with van der Waals surface area (Å²) in [4.78, 5) is 4.05. The van der Waals surface area contributed by atoms with Gasteiger partial charge in [-0.15, -0.1) is 0 Å². The lowest BCUT2D eigenvalue weighted by Crippen LogP contribution is -2.34. The van der Waals surface area contributed by atoms with Crippen molar-refractivity contribution < 1.29 is 8.42 Å². The molecule has 1 unspecified atom stereocenters. The lowest BCUT2D eigenvalue weighted by Gasteiger charge is -2.19. The van der Waals surface area contributed by atoms with Crippen LogP contribution in [0.25, 0.3) is 0 Å². The lowest BCUT2D eigenvalue weighted by atomic mass is 10.3. The molecule has 0 spiro atoms. The summed E-state index contributed by atoms with van der Waals surface area (Å²) < 4.78 is 25.1. The largest absolute Gasteiger partial charge is 0.260 e. The third kappa shape index (κ3) is 3.25. The summed E-state index contributed by atoms with van der Waals surface area (Å²) in [6.07, 6.45) is 1.89. The van der Waals surface area contributed by atoms with Crippen molar-refractivity contribution in [2.45, 2.75) is 25.1 Å². The molecule has 1 rings (SSSR count). The SMILES string of the molecule is CCC(C#N)S(=O)(=O)N(C)Cc1ccccn1. The number of pyridine rings is 1. The van der Waals surface area contributed by atoms with E-state index in [9.17, 15) is 8.42 Å². The number of hydrogen-bond donors (Lipinski definition) is 0. The minimum atomic E-state index is -3.57. The van der Waals surface area contributed by atoms with Crippen LogP contribution in [0.2, 0.25) is 0 Å². The van der Waals surface area contributed by atoms with Crippen molar-refractivity contribution in [3.8, 4) is 6.07 Å². The van der Waals surface area contributed by atoms with Gasteiger partial charge in [0, 0.05) is 13.2 Å². The first-order chi connectivity index (χ1) is 8.02. The van der Waals surface area contributed by atoms with Gasteiger partial charge in [-0.2, -0.15) is 9.57 Å². The number of sulfonamides is 1. The number of aromatic nitrogens is 1. The maximum atomic E-state index is 12.0. The van der Waals surface area contributed by atoms with E-state index >= 15 is 0 Å². The van der Waals surface area contributed by atoms with Crippen LogP contribution < -0.4 is 0 Å². The number of nitrogens with zero attached hydrogens (tertiary/aromatic N) is 3. The highest BCUT2D eigenvalue weighted by Gasteiger charge is 2.28. The van der Waals surface area contributed by atoms with Gasteiger partial charge < -0.3 is 0 Å². The Morgan fingerprint density at radius 1 is 1.53 bits per heavy atom. The molecule has 0 amide bonds. The molecule has 1 aromatic heterocycles. The van der Waals surface area contributed by atoms with Gasteiger partial charge in [-0.1, -0.05) is 13.0 Å². The topological polar surface area (TPSA) is 74.1 Å². The minimum Gasteiger partial charge on any atom is -0.260 e. The molecule has 0 radical (unpaired) electrons. The number of rotatable bonds is 5. The Morgan fingerprint density at radius 2 is 2.24 bits per heavy atom. The predicted molar refractivity (Wildman–Crippen MR) is 64.3 cm³/mol. The van der Waals surface area contributed by atoms with E-state index in [0.29, 0.717) is 5.69 Å². The van der Waals surface area contributed by atoms with Crippen LogP contribution in [0.1, 0.15) is 19.0 Å². The van der Waals surface area contributed by atoms with Crippen molar-refractivity contribution in [2.24, 2.45) is 0 Å². The van der Waals surface area contributed by atoms with Crippen LogP contribution in [-0.4, -0.2) is 30.0 Å². The molecule has 1 atom stereocenters. The molecule has 6 heteroatoms. The van der Waals surface area contributed by atoms with Gasteiger partial charge in [0.15, 0.2) is 5.25 Å². The fourth-order valence-electron chi connectivity index (χ4n) is 1.40. The van der Waals surface area contributed by atoms with Gasteiger partial charge in [-0.05, 0) is 18.6 Å². The monoisotopic (exact) mass is 253 g/mol. The summed E-state index contributed by atoms with van der Waals surface area (Å²) in [6, 6.07) is 7.12. The van der Waals surface area contributed by atoms with Crippen LogP contribution in [0.15, 0.2) is 24.4 Å². The van der Waals surface area contributed by atoms with Gasteiger partial charge in [-0.3, -0.25) is 4.98 Å². The molecule has 0 aliphatic carbocycles. The summed E-state index contributed by atoms with van der Waals surface area (Å²) in [7, 11) is -2.10. The van der Waals surface area contributed by atoms with Crippen LogP contribution in [0.4, 0.5) is 0 Å². The molecular weight excluding hydrogens is 238 g/mol. The minimum absolute atomic E-state index is 0.182. The average molecular weight is 253 g/mol. The molecule has 17 heavy (non-hydrogen) atoms. The fraction of sp³-hybridized carbons (Fsp3) is 0.455. The smallest absolute Gasteiger partial charge is 0.230 e. The molecule has 1 heterocycles. The van der Waals surface area contributed by atoms with Gasteiger partial charge in [0.1, 0.15) is 0 Å². The third-order valence-corrected chi connectivity index (χ3v) is 4.58. The van der Waals surface area contributed by atoms with E-state index in [-0.39, 0.29) is 13.0 Å². The maximum Gasteiger partial charge on any atom is 0.230 e. The van der Waals surface area contributed by atoms with E-state index in [1.165, 1.54) is 11.4 Å². The molecule has 0 saturated carbocycles. The van der Waals surface area contributed by atoms with Crippen LogP contribution in [0.5, 0.6) is 0 Å². The molecule has 0 bridgehead atoms. The average Bonchev–Trinajstić information content (AvgIpc) is 2.31. The first-order valence-corrected chi connectivity index (χ1v) is 6.77. The van der Waals surface area contributed by atoms with Crippen molar-refractivity contribution >= 4 is 10.0 Å². The van der Waals surface area contributed by atoms with Crippen molar-refractivity contribution in [1.82, 2.24) is 9.29 Å². The van der Waals surface area contributed by atoms with Crippen LogP contribution in [0, 0.1) is 11.3 Å². The number of hydrogen-bond acceptors (Lipinski definition) is 4. The summed E-state index contributed by atoms with van der Waals surface area (Å²) in [5.41, 5.74) is 0.659. The summed E-state index contributed by atoms with van der Waals surface area (Å²) in [5, 5.41) is 7.82. The van der Waals surface area contributed by atoms with Crippen LogP contribution in [0.3, 0.4) is 0 Å². The summed E-state index contributed by atoms with van der Waals surface area (Å²) >= 11 is 0. The van der Waals surface area contributed by atoms with Gasteiger partial charge in [0.05, 0.1) is 18.3 Å². The third-order valence-electron chi connectivity index (χ3n) is 2.42. The molecule has 0 aliphatic rings. The molecule has 0 fully saturated rings. The molecule has 0 aliphatic heterocycles. The normalized spacial score (nSPS) is 13.3. The van der Waals surface area contributed by atoms with E-state index in [4.69, 9.17) is 5.26 Å². The molecular formula is C11H15N3O2S. The molecule has 1 aromatic rings. The summed E-state index contributed by atoms with van der Waals surface area (Å²) in [6.45, 7) is 1.86. The standard InChI is InChI=1S/C11H15N3O2S/c1-3-11(8-12)17(15,16)14(2)9-10-6-4-5-7-13-10/h4-7,11H,3,9H2,1-2H3. The lowest BCUT2D eigenvalue weighted by molar-refractivity contribution is 0.456. The van der Waals surface area contributed by atoms with Gasteiger partial charge in [0.2, 0.25) is 10.0 Å². The zero-order valence-electron chi connectivity index (χ0n) is 9.87. The quantitative estimate of drug-likeness (QED) is 0.788. The van der Waals surface area contributed by atoms with Crippen LogP contribution >= 0.6 is 0 Å². The Labute approximate surface area is 102 Å². The van der Waals surface area contributed by atoms with E-state index in [1.54, 1.807) is 31.3 Å². The second kappa shape index (κ2) is 5.75. The Balaban J connectivity index is 2.84. The first kappa shape index (κ1) is 13.6. The van der Waals surface area contributed by atoms with Crippen molar-refractivity contribution in [2.75, 3.05) is 7.05 Å². The van der Waals surface area contributed by atoms with Gasteiger partial charge in [0.25, 0.3) is 0 Å². The zero-order valence-corrected chi connectivity index (χ0v) is 10.7. The second-order valence-electron chi connectivity index (χ2n) is 3.65. The Bertz CT molecular complexity index is 493. The van der Waals surface area contributed by atoms with Crippen molar-refractivity contribution in [3.63, 3.8) is 0 Å². The molecule has 5 nitrogen and oxygen atoms in total. The summed E-state index contributed by atoms with van der Waals surface area (Å²) in [5.74, 6) is 0. The van der Waals surface area contributed by atoms with E-state index in [2.05, 4.69) is 4.98 Å². The Kier molecular flexibility index (Phi) is 4.61. The second-order valence-corrected chi connectivity index (χ2v) is 5.87. The predicted octanol–water partition coefficient (Wildman–Crippen LogP) is 1.15. The van der Waals surface area contributed by atoms with Crippen LogP contribution in [-0.2, 0) is 16.6 Å². The zero-order chi connectivity index (χ0) is 12.9. The van der Waals surface area contributed by atoms with E-state index in [1.807, 2.05) is 6.07 Å². The molecule has 92 valence electrons. The van der Waals surface area contributed by atoms with Gasteiger partial charge in [-0.25, -0.2) is 8.42 Å². The highest BCUT2D eigenvalue weighted by molar-refractivity contribution is 7.89. The maximum absolute atomic E-state index is 12.0. The Morgan fingerprint density at radius 3 is 2.71 bits per heavy atom. The molecule has 0 saturated heterocycles. The van der Waals surface area contributed by atoms with Gasteiger partial charge >= 0.3 is 0 Å². The molecule has 0 aromatic carbocycles. The van der Waals surface area contributed by atoms with Crippen molar-refractivity contribution in [3.05, 3.63) is 30.1 Å². The highest BCUT2D eigenvalue weighted by atomic mass is 32.2. The highest BCUT2D eigenvalue weighted by Crippen LogP contribution is 2.12.